The van der Waals surface area contributed by atoms with Crippen LogP contribution in [0.3, 0.4) is 0 Å². The maximum Gasteiger partial charge on any atom is 0.416 e. The van der Waals surface area contributed by atoms with Gasteiger partial charge in [-0.15, -0.1) is 0 Å². The van der Waals surface area contributed by atoms with Crippen molar-refractivity contribution in [1.29, 1.82) is 0 Å². The lowest BCUT2D eigenvalue weighted by Gasteiger charge is -2.14. The summed E-state index contributed by atoms with van der Waals surface area (Å²) in [6.45, 7) is 1.72. The summed E-state index contributed by atoms with van der Waals surface area (Å²) in [5, 5.41) is 12.7. The van der Waals surface area contributed by atoms with Gasteiger partial charge in [-0.05, 0) is 24.6 Å². The minimum atomic E-state index is -4.37. The van der Waals surface area contributed by atoms with Crippen LogP contribution >= 0.6 is 0 Å². The van der Waals surface area contributed by atoms with Gasteiger partial charge < -0.3 is 5.11 Å². The summed E-state index contributed by atoms with van der Waals surface area (Å²) in [5.74, 6) is -1.10. The summed E-state index contributed by atoms with van der Waals surface area (Å²) in [6, 6.07) is 4.34. The molecule has 0 radical (unpaired) electrons. The molecule has 0 saturated heterocycles. The SMILES string of the molecule is CC(c1ccc(C(F)(F)F)cc1)n1cc(C(=O)O)cn1. The normalized spacial score (nSPS) is 13.2. The van der Waals surface area contributed by atoms with Crippen molar-refractivity contribution in [1.82, 2.24) is 9.78 Å². The number of aromatic nitrogens is 2. The van der Waals surface area contributed by atoms with Gasteiger partial charge in [0.2, 0.25) is 0 Å². The van der Waals surface area contributed by atoms with Crippen molar-refractivity contribution in [3.63, 3.8) is 0 Å². The zero-order valence-corrected chi connectivity index (χ0v) is 10.4. The van der Waals surface area contributed by atoms with Crippen LogP contribution < -0.4 is 0 Å². The molecule has 0 fully saturated rings. The Morgan fingerprint density at radius 1 is 1.30 bits per heavy atom. The van der Waals surface area contributed by atoms with Gasteiger partial charge >= 0.3 is 12.1 Å². The number of carboxylic acids is 1. The van der Waals surface area contributed by atoms with Crippen LogP contribution in [-0.4, -0.2) is 20.9 Å². The van der Waals surface area contributed by atoms with E-state index in [9.17, 15) is 18.0 Å². The van der Waals surface area contributed by atoms with E-state index in [0.717, 1.165) is 12.1 Å². The average molecular weight is 284 g/mol. The second-order valence-electron chi connectivity index (χ2n) is 4.31. The summed E-state index contributed by atoms with van der Waals surface area (Å²) in [7, 11) is 0. The van der Waals surface area contributed by atoms with Crippen molar-refractivity contribution in [3.8, 4) is 0 Å². The van der Waals surface area contributed by atoms with Crippen LogP contribution in [0.1, 0.15) is 34.5 Å². The minimum Gasteiger partial charge on any atom is -0.478 e. The van der Waals surface area contributed by atoms with Gasteiger partial charge in [-0.3, -0.25) is 4.68 Å². The molecule has 1 atom stereocenters. The maximum atomic E-state index is 12.5. The first kappa shape index (κ1) is 14.1. The molecule has 106 valence electrons. The zero-order chi connectivity index (χ0) is 14.9. The van der Waals surface area contributed by atoms with Crippen LogP contribution in [0.4, 0.5) is 13.2 Å². The first-order chi connectivity index (χ1) is 9.29. The van der Waals surface area contributed by atoms with E-state index in [1.54, 1.807) is 6.92 Å². The number of hydrogen-bond acceptors (Lipinski definition) is 2. The molecule has 0 aliphatic heterocycles. The number of alkyl halides is 3. The molecule has 0 amide bonds. The van der Waals surface area contributed by atoms with E-state index >= 15 is 0 Å². The van der Waals surface area contributed by atoms with Crippen molar-refractivity contribution >= 4 is 5.97 Å². The van der Waals surface area contributed by atoms with Gasteiger partial charge in [0, 0.05) is 6.20 Å². The molecular weight excluding hydrogens is 273 g/mol. The average Bonchev–Trinajstić information content (AvgIpc) is 2.86. The lowest BCUT2D eigenvalue weighted by Crippen LogP contribution is -2.09. The van der Waals surface area contributed by atoms with Crippen LogP contribution in [0.5, 0.6) is 0 Å². The Kier molecular flexibility index (Phi) is 3.52. The smallest absolute Gasteiger partial charge is 0.416 e. The molecule has 1 aromatic heterocycles. The molecular formula is C13H11F3N2O2. The van der Waals surface area contributed by atoms with Gasteiger partial charge in [0.25, 0.3) is 0 Å². The topological polar surface area (TPSA) is 55.1 Å². The lowest BCUT2D eigenvalue weighted by molar-refractivity contribution is -0.137. The first-order valence-electron chi connectivity index (χ1n) is 5.73. The van der Waals surface area contributed by atoms with Gasteiger partial charge in [-0.25, -0.2) is 4.79 Å². The predicted molar refractivity (Wildman–Crippen MR) is 64.4 cm³/mol. The van der Waals surface area contributed by atoms with E-state index in [0.29, 0.717) is 5.56 Å². The number of carboxylic acid groups (broad SMARTS) is 1. The third kappa shape index (κ3) is 2.81. The van der Waals surface area contributed by atoms with Gasteiger partial charge in [-0.1, -0.05) is 12.1 Å². The Labute approximate surface area is 112 Å². The molecule has 1 unspecified atom stereocenters. The van der Waals surface area contributed by atoms with E-state index in [1.165, 1.54) is 29.2 Å². The predicted octanol–water partition coefficient (Wildman–Crippen LogP) is 3.21. The molecule has 1 aromatic carbocycles. The fraction of sp³-hybridized carbons (Fsp3) is 0.231. The fourth-order valence-electron chi connectivity index (χ4n) is 1.76. The van der Waals surface area contributed by atoms with Crippen molar-refractivity contribution in [2.75, 3.05) is 0 Å². The van der Waals surface area contributed by atoms with E-state index in [2.05, 4.69) is 5.10 Å². The Morgan fingerprint density at radius 2 is 1.90 bits per heavy atom. The van der Waals surface area contributed by atoms with Gasteiger partial charge in [0.15, 0.2) is 0 Å². The highest BCUT2D eigenvalue weighted by Gasteiger charge is 2.30. The summed E-state index contributed by atoms with van der Waals surface area (Å²) >= 11 is 0. The van der Waals surface area contributed by atoms with Gasteiger partial charge in [-0.2, -0.15) is 18.3 Å². The zero-order valence-electron chi connectivity index (χ0n) is 10.4. The molecule has 0 aliphatic carbocycles. The van der Waals surface area contributed by atoms with Crippen molar-refractivity contribution in [2.45, 2.75) is 19.1 Å². The van der Waals surface area contributed by atoms with Crippen LogP contribution in [0.15, 0.2) is 36.7 Å². The highest BCUT2D eigenvalue weighted by Crippen LogP contribution is 2.30. The molecule has 0 aliphatic rings. The maximum absolute atomic E-state index is 12.5. The standard InChI is InChI=1S/C13H11F3N2O2/c1-8(18-7-10(6-17-18)12(19)20)9-2-4-11(5-3-9)13(14,15)16/h2-8H,1H3,(H,19,20). The van der Waals surface area contributed by atoms with Gasteiger partial charge in [0.1, 0.15) is 0 Å². The second kappa shape index (κ2) is 4.99. The van der Waals surface area contributed by atoms with Crippen molar-refractivity contribution in [3.05, 3.63) is 53.3 Å². The minimum absolute atomic E-state index is 0.0313. The Morgan fingerprint density at radius 3 is 2.35 bits per heavy atom. The molecule has 7 heteroatoms. The fourth-order valence-corrected chi connectivity index (χ4v) is 1.76. The third-order valence-electron chi connectivity index (χ3n) is 2.97. The molecule has 2 aromatic rings. The number of rotatable bonds is 3. The molecule has 0 spiro atoms. The van der Waals surface area contributed by atoms with E-state index < -0.39 is 17.7 Å². The second-order valence-corrected chi connectivity index (χ2v) is 4.31. The number of benzene rings is 1. The number of hydrogen-bond donors (Lipinski definition) is 1. The Hall–Kier alpha value is -2.31. The number of aromatic carboxylic acids is 1. The largest absolute Gasteiger partial charge is 0.478 e. The number of nitrogens with zero attached hydrogens (tertiary/aromatic N) is 2. The van der Waals surface area contributed by atoms with Crippen molar-refractivity contribution in [2.24, 2.45) is 0 Å². The first-order valence-corrected chi connectivity index (χ1v) is 5.73. The van der Waals surface area contributed by atoms with Crippen molar-refractivity contribution < 1.29 is 23.1 Å². The Balaban J connectivity index is 2.24. The lowest BCUT2D eigenvalue weighted by atomic mass is 10.1. The molecule has 0 bridgehead atoms. The summed E-state index contributed by atoms with van der Waals surface area (Å²) in [5.41, 5.74) is -0.0815. The highest BCUT2D eigenvalue weighted by molar-refractivity contribution is 5.86. The van der Waals surface area contributed by atoms with E-state index in [-0.39, 0.29) is 11.6 Å². The number of carbonyl (C=O) groups is 1. The molecule has 0 saturated carbocycles. The Bertz CT molecular complexity index is 617. The van der Waals surface area contributed by atoms with E-state index in [1.807, 2.05) is 0 Å². The van der Waals surface area contributed by atoms with Crippen LogP contribution in [-0.2, 0) is 6.18 Å². The summed E-state index contributed by atoms with van der Waals surface area (Å²) in [4.78, 5) is 10.8. The van der Waals surface area contributed by atoms with Crippen LogP contribution in [0, 0.1) is 0 Å². The quantitative estimate of drug-likeness (QED) is 0.941. The molecule has 20 heavy (non-hydrogen) atoms. The van der Waals surface area contributed by atoms with E-state index in [4.69, 9.17) is 5.11 Å². The highest BCUT2D eigenvalue weighted by atomic mass is 19.4. The summed E-state index contributed by atoms with van der Waals surface area (Å²) < 4.78 is 38.8. The molecule has 4 nitrogen and oxygen atoms in total. The number of halogens is 3. The molecule has 1 heterocycles. The van der Waals surface area contributed by atoms with Gasteiger partial charge in [0.05, 0.1) is 23.4 Å². The molecule has 2 rings (SSSR count). The monoisotopic (exact) mass is 284 g/mol. The third-order valence-corrected chi connectivity index (χ3v) is 2.97. The van der Waals surface area contributed by atoms with Crippen LogP contribution in [0.25, 0.3) is 0 Å². The summed E-state index contributed by atoms with van der Waals surface area (Å²) in [6.07, 6.45) is -1.84. The molecule has 1 N–H and O–H groups in total. The van der Waals surface area contributed by atoms with Crippen LogP contribution in [0.2, 0.25) is 0 Å².